The van der Waals surface area contributed by atoms with Crippen molar-refractivity contribution in [3.8, 4) is 17.2 Å². The van der Waals surface area contributed by atoms with Crippen LogP contribution in [0.2, 0.25) is 0 Å². The van der Waals surface area contributed by atoms with Gasteiger partial charge in [0, 0.05) is 30.0 Å². The smallest absolute Gasteiger partial charge is 0.304 e. The number of nitriles is 1. The minimum Gasteiger partial charge on any atom is -0.481 e. The van der Waals surface area contributed by atoms with E-state index in [-0.39, 0.29) is 12.3 Å². The van der Waals surface area contributed by atoms with Gasteiger partial charge >= 0.3 is 5.97 Å². The molecule has 0 amide bonds. The van der Waals surface area contributed by atoms with Crippen LogP contribution in [-0.2, 0) is 9.53 Å². The average molecular weight is 400 g/mol. The van der Waals surface area contributed by atoms with Gasteiger partial charge < -0.3 is 15.2 Å². The Bertz CT molecular complexity index is 1050. The Morgan fingerprint density at radius 1 is 1.10 bits per heavy atom. The number of benzene rings is 3. The van der Waals surface area contributed by atoms with Crippen LogP contribution in [0.4, 0.5) is 11.4 Å². The lowest BCUT2D eigenvalue weighted by Gasteiger charge is -2.23. The molecular formula is C25H24N2O3. The second-order valence-electron chi connectivity index (χ2n) is 7.13. The number of methoxy groups -OCH3 is 1. The molecule has 30 heavy (non-hydrogen) atoms. The van der Waals surface area contributed by atoms with E-state index >= 15 is 0 Å². The highest BCUT2D eigenvalue weighted by Crippen LogP contribution is 2.38. The molecule has 0 heterocycles. The third-order valence-electron chi connectivity index (χ3n) is 5.10. The predicted molar refractivity (Wildman–Crippen MR) is 118 cm³/mol. The second-order valence-corrected chi connectivity index (χ2v) is 7.13. The highest BCUT2D eigenvalue weighted by molar-refractivity contribution is 5.84. The van der Waals surface area contributed by atoms with Gasteiger partial charge in [-0.2, -0.15) is 5.26 Å². The van der Waals surface area contributed by atoms with E-state index in [1.165, 1.54) is 0 Å². The molecule has 0 fully saturated rings. The van der Waals surface area contributed by atoms with Crippen molar-refractivity contribution in [3.05, 3.63) is 83.4 Å². The molecular weight excluding hydrogens is 376 g/mol. The van der Waals surface area contributed by atoms with Crippen molar-refractivity contribution in [2.24, 2.45) is 0 Å². The highest BCUT2D eigenvalue weighted by atomic mass is 16.5. The molecule has 0 bridgehead atoms. The zero-order chi connectivity index (χ0) is 21.5. The number of hydrogen-bond donors (Lipinski definition) is 2. The molecule has 5 heteroatoms. The van der Waals surface area contributed by atoms with Crippen molar-refractivity contribution in [2.75, 3.05) is 19.0 Å². The van der Waals surface area contributed by atoms with Crippen LogP contribution < -0.4 is 5.32 Å². The summed E-state index contributed by atoms with van der Waals surface area (Å²) < 4.78 is 5.30. The number of hydrogen-bond acceptors (Lipinski definition) is 4. The summed E-state index contributed by atoms with van der Waals surface area (Å²) in [5.41, 5.74) is 6.36. The van der Waals surface area contributed by atoms with Crippen molar-refractivity contribution in [1.29, 1.82) is 5.26 Å². The molecule has 3 aromatic carbocycles. The van der Waals surface area contributed by atoms with Gasteiger partial charge in [-0.3, -0.25) is 4.79 Å². The number of nitrogens with one attached hydrogen (secondary N) is 1. The van der Waals surface area contributed by atoms with Crippen LogP contribution >= 0.6 is 0 Å². The maximum atomic E-state index is 11.4. The quantitative estimate of drug-likeness (QED) is 0.523. The Kier molecular flexibility index (Phi) is 6.84. The van der Waals surface area contributed by atoms with Gasteiger partial charge in [-0.15, -0.1) is 0 Å². The minimum absolute atomic E-state index is 0.00430. The van der Waals surface area contributed by atoms with Gasteiger partial charge in [-0.05, 0) is 47.9 Å². The van der Waals surface area contributed by atoms with Gasteiger partial charge in [0.15, 0.2) is 0 Å². The number of ether oxygens (including phenoxy) is 1. The van der Waals surface area contributed by atoms with Crippen molar-refractivity contribution in [3.63, 3.8) is 0 Å². The molecule has 0 aromatic heterocycles. The Morgan fingerprint density at radius 2 is 1.80 bits per heavy atom. The lowest BCUT2D eigenvalue weighted by atomic mass is 9.88. The third kappa shape index (κ3) is 4.86. The maximum Gasteiger partial charge on any atom is 0.304 e. The molecule has 0 aliphatic heterocycles. The van der Waals surface area contributed by atoms with Crippen LogP contribution in [0.25, 0.3) is 11.1 Å². The largest absolute Gasteiger partial charge is 0.481 e. The van der Waals surface area contributed by atoms with Crippen molar-refractivity contribution in [1.82, 2.24) is 0 Å². The summed E-state index contributed by atoms with van der Waals surface area (Å²) in [5.74, 6) is -1.11. The number of carboxylic acid groups (broad SMARTS) is 1. The fourth-order valence-electron chi connectivity index (χ4n) is 3.63. The van der Waals surface area contributed by atoms with Gasteiger partial charge in [0.25, 0.3) is 0 Å². The standard InChI is InChI=1S/C25H24N2O3/c1-17-22(20(16-30-2)14-24(28)29)12-13-23(19-6-4-3-5-7-19)25(17)27-21-10-8-18(15-26)9-11-21/h3-13,20,27H,14,16H2,1-2H3,(H,28,29). The molecule has 0 aliphatic rings. The zero-order valence-corrected chi connectivity index (χ0v) is 17.1. The Labute approximate surface area is 176 Å². The van der Waals surface area contributed by atoms with Crippen LogP contribution in [0.5, 0.6) is 0 Å². The summed E-state index contributed by atoms with van der Waals surface area (Å²) in [4.78, 5) is 11.4. The number of nitrogens with zero attached hydrogens (tertiary/aromatic N) is 1. The van der Waals surface area contributed by atoms with E-state index in [0.29, 0.717) is 12.2 Å². The molecule has 3 rings (SSSR count). The van der Waals surface area contributed by atoms with E-state index in [4.69, 9.17) is 10.00 Å². The Morgan fingerprint density at radius 3 is 2.40 bits per heavy atom. The van der Waals surface area contributed by atoms with E-state index in [2.05, 4.69) is 11.4 Å². The van der Waals surface area contributed by atoms with Crippen molar-refractivity contribution < 1.29 is 14.6 Å². The molecule has 0 radical (unpaired) electrons. The van der Waals surface area contributed by atoms with Crippen molar-refractivity contribution in [2.45, 2.75) is 19.3 Å². The number of carboxylic acids is 1. The second kappa shape index (κ2) is 9.73. The summed E-state index contributed by atoms with van der Waals surface area (Å²) in [5, 5.41) is 21.9. The van der Waals surface area contributed by atoms with Crippen LogP contribution in [0, 0.1) is 18.3 Å². The number of rotatable bonds is 8. The predicted octanol–water partition coefficient (Wildman–Crippen LogP) is 5.48. The molecule has 3 aromatic rings. The average Bonchev–Trinajstić information content (AvgIpc) is 2.75. The van der Waals surface area contributed by atoms with Gasteiger partial charge in [-0.25, -0.2) is 0 Å². The lowest BCUT2D eigenvalue weighted by Crippen LogP contribution is -2.14. The fourth-order valence-corrected chi connectivity index (χ4v) is 3.63. The van der Waals surface area contributed by atoms with E-state index in [0.717, 1.165) is 33.6 Å². The van der Waals surface area contributed by atoms with Crippen LogP contribution in [-0.4, -0.2) is 24.8 Å². The summed E-state index contributed by atoms with van der Waals surface area (Å²) in [6.07, 6.45) is -0.00430. The molecule has 0 spiro atoms. The van der Waals surface area contributed by atoms with Gasteiger partial charge in [0.2, 0.25) is 0 Å². The van der Waals surface area contributed by atoms with Gasteiger partial charge in [-0.1, -0.05) is 42.5 Å². The number of anilines is 2. The number of aliphatic carboxylic acids is 1. The van der Waals surface area contributed by atoms with Crippen LogP contribution in [0.15, 0.2) is 66.7 Å². The van der Waals surface area contributed by atoms with E-state index in [1.807, 2.05) is 61.5 Å². The van der Waals surface area contributed by atoms with Gasteiger partial charge in [0.05, 0.1) is 24.7 Å². The summed E-state index contributed by atoms with van der Waals surface area (Å²) in [7, 11) is 1.58. The molecule has 0 aliphatic carbocycles. The summed E-state index contributed by atoms with van der Waals surface area (Å²) in [6.45, 7) is 2.33. The topological polar surface area (TPSA) is 82.3 Å². The van der Waals surface area contributed by atoms with Crippen LogP contribution in [0.3, 0.4) is 0 Å². The molecule has 152 valence electrons. The first kappa shape index (κ1) is 21.1. The van der Waals surface area contributed by atoms with E-state index in [9.17, 15) is 9.90 Å². The normalized spacial score (nSPS) is 11.5. The molecule has 2 N–H and O–H groups in total. The third-order valence-corrected chi connectivity index (χ3v) is 5.10. The first-order valence-corrected chi connectivity index (χ1v) is 9.70. The lowest BCUT2D eigenvalue weighted by molar-refractivity contribution is -0.137. The van der Waals surface area contributed by atoms with E-state index in [1.54, 1.807) is 19.2 Å². The van der Waals surface area contributed by atoms with Gasteiger partial charge in [0.1, 0.15) is 0 Å². The monoisotopic (exact) mass is 400 g/mol. The van der Waals surface area contributed by atoms with E-state index < -0.39 is 5.97 Å². The molecule has 1 atom stereocenters. The molecule has 0 saturated carbocycles. The number of carbonyl (C=O) groups is 1. The molecule has 0 saturated heterocycles. The fraction of sp³-hybridized carbons (Fsp3) is 0.200. The van der Waals surface area contributed by atoms with Crippen LogP contribution in [0.1, 0.15) is 29.0 Å². The maximum absolute atomic E-state index is 11.4. The summed E-state index contributed by atoms with van der Waals surface area (Å²) >= 11 is 0. The highest BCUT2D eigenvalue weighted by Gasteiger charge is 2.21. The van der Waals surface area contributed by atoms with Crippen molar-refractivity contribution >= 4 is 17.3 Å². The zero-order valence-electron chi connectivity index (χ0n) is 17.1. The Hall–Kier alpha value is -3.62. The molecule has 5 nitrogen and oxygen atoms in total. The SMILES string of the molecule is COCC(CC(=O)O)c1ccc(-c2ccccc2)c(Nc2ccc(C#N)cc2)c1C. The summed E-state index contributed by atoms with van der Waals surface area (Å²) in [6, 6.07) is 23.4. The minimum atomic E-state index is -0.856. The Balaban J connectivity index is 2.11. The first-order chi connectivity index (χ1) is 14.5. The first-order valence-electron chi connectivity index (χ1n) is 9.70. The molecule has 1 unspecified atom stereocenters.